The number of nitrogens with zero attached hydrogens (tertiary/aromatic N) is 4. The largest absolute Gasteiger partial charge is 0.340 e. The molecule has 0 aromatic carbocycles. The molecule has 2 unspecified atom stereocenters. The van der Waals surface area contributed by atoms with Crippen LogP contribution in [0.5, 0.6) is 0 Å². The molecule has 3 rings (SSSR count). The van der Waals surface area contributed by atoms with Gasteiger partial charge < -0.3 is 4.90 Å². The minimum Gasteiger partial charge on any atom is -0.340 e. The van der Waals surface area contributed by atoms with Crippen molar-refractivity contribution in [2.75, 3.05) is 13.1 Å². The molecule has 0 bridgehead atoms. The predicted octanol–water partition coefficient (Wildman–Crippen LogP) is 2.31. The van der Waals surface area contributed by atoms with Crippen molar-refractivity contribution in [3.63, 3.8) is 0 Å². The number of thiophene rings is 1. The molecule has 1 aliphatic rings. The lowest BCUT2D eigenvalue weighted by Crippen LogP contribution is -2.42. The van der Waals surface area contributed by atoms with Gasteiger partial charge in [-0.15, -0.1) is 0 Å². The summed E-state index contributed by atoms with van der Waals surface area (Å²) in [7, 11) is 0. The second-order valence-corrected chi connectivity index (χ2v) is 6.01. The van der Waals surface area contributed by atoms with E-state index in [-0.39, 0.29) is 17.9 Å². The Kier molecular flexibility index (Phi) is 3.82. The molecule has 1 amide bonds. The van der Waals surface area contributed by atoms with Crippen LogP contribution in [0.3, 0.4) is 0 Å². The van der Waals surface area contributed by atoms with E-state index in [4.69, 9.17) is 0 Å². The lowest BCUT2D eigenvalue weighted by Gasteiger charge is -2.34. The first kappa shape index (κ1) is 13.3. The molecule has 2 aromatic heterocycles. The minimum atomic E-state index is -0.0595. The Morgan fingerprint density at radius 3 is 3.15 bits per heavy atom. The first-order chi connectivity index (χ1) is 9.75. The molecule has 0 spiro atoms. The first-order valence-corrected chi connectivity index (χ1v) is 7.85. The van der Waals surface area contributed by atoms with Crippen LogP contribution in [-0.2, 0) is 4.79 Å². The number of hydrogen-bond acceptors (Lipinski definition) is 4. The standard InChI is InChI=1S/C14H18N4OS/c1-11(12-4-6-20-8-12)14(19)17-5-2-3-13(7-17)18-10-15-9-16-18/h4,6,8-11,13H,2-3,5,7H2,1H3. The van der Waals surface area contributed by atoms with Crippen LogP contribution in [0, 0.1) is 0 Å². The van der Waals surface area contributed by atoms with Crippen molar-refractivity contribution in [3.8, 4) is 0 Å². The lowest BCUT2D eigenvalue weighted by atomic mass is 10.00. The highest BCUT2D eigenvalue weighted by Crippen LogP contribution is 2.25. The molecule has 3 heterocycles. The van der Waals surface area contributed by atoms with Gasteiger partial charge in [-0.2, -0.15) is 16.4 Å². The van der Waals surface area contributed by atoms with Crippen LogP contribution in [-0.4, -0.2) is 38.7 Å². The topological polar surface area (TPSA) is 51.0 Å². The zero-order valence-corrected chi connectivity index (χ0v) is 12.3. The molecule has 1 fully saturated rings. The van der Waals surface area contributed by atoms with E-state index < -0.39 is 0 Å². The van der Waals surface area contributed by atoms with Crippen LogP contribution in [0.2, 0.25) is 0 Å². The smallest absolute Gasteiger partial charge is 0.229 e. The molecule has 2 atom stereocenters. The van der Waals surface area contributed by atoms with Gasteiger partial charge in [0.1, 0.15) is 12.7 Å². The molecular formula is C14H18N4OS. The van der Waals surface area contributed by atoms with E-state index in [0.29, 0.717) is 0 Å². The molecule has 0 saturated carbocycles. The van der Waals surface area contributed by atoms with Crippen molar-refractivity contribution < 1.29 is 4.79 Å². The Hall–Kier alpha value is -1.69. The van der Waals surface area contributed by atoms with Gasteiger partial charge in [0.2, 0.25) is 5.91 Å². The molecule has 6 heteroatoms. The molecule has 2 aromatic rings. The lowest BCUT2D eigenvalue weighted by molar-refractivity contribution is -0.134. The molecule has 0 radical (unpaired) electrons. The van der Waals surface area contributed by atoms with Crippen LogP contribution in [0.15, 0.2) is 29.5 Å². The van der Waals surface area contributed by atoms with E-state index in [1.807, 2.05) is 28.0 Å². The summed E-state index contributed by atoms with van der Waals surface area (Å²) in [5.74, 6) is 0.156. The molecule has 20 heavy (non-hydrogen) atoms. The summed E-state index contributed by atoms with van der Waals surface area (Å²) >= 11 is 1.64. The van der Waals surface area contributed by atoms with E-state index in [2.05, 4.69) is 15.5 Å². The van der Waals surface area contributed by atoms with E-state index in [1.54, 1.807) is 24.0 Å². The summed E-state index contributed by atoms with van der Waals surface area (Å²) in [5, 5.41) is 8.28. The zero-order valence-electron chi connectivity index (χ0n) is 11.5. The summed E-state index contributed by atoms with van der Waals surface area (Å²) in [6.07, 6.45) is 5.36. The van der Waals surface area contributed by atoms with Crippen molar-refractivity contribution in [3.05, 3.63) is 35.0 Å². The van der Waals surface area contributed by atoms with Crippen LogP contribution in [0.25, 0.3) is 0 Å². The number of likely N-dealkylation sites (tertiary alicyclic amines) is 1. The summed E-state index contributed by atoms with van der Waals surface area (Å²) < 4.78 is 1.87. The average molecular weight is 290 g/mol. The molecule has 5 nitrogen and oxygen atoms in total. The predicted molar refractivity (Wildman–Crippen MR) is 77.6 cm³/mol. The summed E-state index contributed by atoms with van der Waals surface area (Å²) in [6, 6.07) is 2.29. The molecular weight excluding hydrogens is 272 g/mol. The van der Waals surface area contributed by atoms with E-state index >= 15 is 0 Å². The van der Waals surface area contributed by atoms with Crippen molar-refractivity contribution in [2.45, 2.75) is 31.7 Å². The Morgan fingerprint density at radius 2 is 2.45 bits per heavy atom. The van der Waals surface area contributed by atoms with Crippen molar-refractivity contribution in [1.29, 1.82) is 0 Å². The fourth-order valence-corrected chi connectivity index (χ4v) is 3.47. The SMILES string of the molecule is CC(C(=O)N1CCCC(n2cncn2)C1)c1ccsc1. The van der Waals surface area contributed by atoms with E-state index in [0.717, 1.165) is 31.5 Å². The van der Waals surface area contributed by atoms with Crippen LogP contribution in [0.1, 0.15) is 37.3 Å². The Labute approximate surface area is 122 Å². The van der Waals surface area contributed by atoms with Gasteiger partial charge in [0.25, 0.3) is 0 Å². The quantitative estimate of drug-likeness (QED) is 0.871. The second-order valence-electron chi connectivity index (χ2n) is 5.23. The third-order valence-corrected chi connectivity index (χ3v) is 4.63. The molecule has 0 N–H and O–H groups in total. The van der Waals surface area contributed by atoms with Gasteiger partial charge in [0, 0.05) is 13.1 Å². The maximum Gasteiger partial charge on any atom is 0.229 e. The van der Waals surface area contributed by atoms with Gasteiger partial charge in [0.05, 0.1) is 12.0 Å². The maximum absolute atomic E-state index is 12.6. The number of hydrogen-bond donors (Lipinski definition) is 0. The summed E-state index contributed by atoms with van der Waals surface area (Å²) in [4.78, 5) is 18.6. The number of amides is 1. The molecule has 1 aliphatic heterocycles. The highest BCUT2D eigenvalue weighted by Gasteiger charge is 2.28. The number of rotatable bonds is 3. The van der Waals surface area contributed by atoms with Crippen LogP contribution < -0.4 is 0 Å². The molecule has 0 aliphatic carbocycles. The van der Waals surface area contributed by atoms with Gasteiger partial charge in [0.15, 0.2) is 0 Å². The number of piperidine rings is 1. The fraction of sp³-hybridized carbons (Fsp3) is 0.500. The minimum absolute atomic E-state index is 0.0595. The molecule has 106 valence electrons. The van der Waals surface area contributed by atoms with Crippen LogP contribution >= 0.6 is 11.3 Å². The van der Waals surface area contributed by atoms with Crippen molar-refractivity contribution in [2.24, 2.45) is 0 Å². The normalized spacial score (nSPS) is 20.9. The highest BCUT2D eigenvalue weighted by molar-refractivity contribution is 7.08. The highest BCUT2D eigenvalue weighted by atomic mass is 32.1. The van der Waals surface area contributed by atoms with Crippen LogP contribution in [0.4, 0.5) is 0 Å². The van der Waals surface area contributed by atoms with Gasteiger partial charge in [-0.05, 0) is 42.2 Å². The third-order valence-electron chi connectivity index (χ3n) is 3.93. The second kappa shape index (κ2) is 5.75. The first-order valence-electron chi connectivity index (χ1n) is 6.90. The van der Waals surface area contributed by atoms with E-state index in [1.165, 1.54) is 0 Å². The summed E-state index contributed by atoms with van der Waals surface area (Å²) in [6.45, 7) is 3.57. The van der Waals surface area contributed by atoms with Gasteiger partial charge in [-0.3, -0.25) is 4.79 Å². The summed E-state index contributed by atoms with van der Waals surface area (Å²) in [5.41, 5.74) is 1.11. The average Bonchev–Trinajstić information content (AvgIpc) is 3.18. The van der Waals surface area contributed by atoms with E-state index in [9.17, 15) is 4.79 Å². The number of carbonyl (C=O) groups excluding carboxylic acids is 1. The van der Waals surface area contributed by atoms with Gasteiger partial charge in [-0.1, -0.05) is 0 Å². The monoisotopic (exact) mass is 290 g/mol. The van der Waals surface area contributed by atoms with Crippen molar-refractivity contribution in [1.82, 2.24) is 19.7 Å². The fourth-order valence-electron chi connectivity index (χ4n) is 2.71. The van der Waals surface area contributed by atoms with Crippen molar-refractivity contribution >= 4 is 17.2 Å². The van der Waals surface area contributed by atoms with Gasteiger partial charge in [-0.25, -0.2) is 9.67 Å². The molecule has 1 saturated heterocycles. The Balaban J connectivity index is 1.69. The number of carbonyl (C=O) groups is 1. The Bertz CT molecular complexity index is 552. The van der Waals surface area contributed by atoms with Gasteiger partial charge >= 0.3 is 0 Å². The Morgan fingerprint density at radius 1 is 1.55 bits per heavy atom. The maximum atomic E-state index is 12.6. The third kappa shape index (κ3) is 2.60. The zero-order chi connectivity index (χ0) is 13.9. The number of aromatic nitrogens is 3.